The van der Waals surface area contributed by atoms with Gasteiger partial charge in [0.15, 0.2) is 16.1 Å². The van der Waals surface area contributed by atoms with Crippen LogP contribution in [0.1, 0.15) is 11.3 Å². The Hall–Kier alpha value is -3.83. The highest BCUT2D eigenvalue weighted by Gasteiger charge is 2.19. The Morgan fingerprint density at radius 2 is 1.88 bits per heavy atom. The average molecular weight is 465 g/mol. The highest BCUT2D eigenvalue weighted by Crippen LogP contribution is 2.11. The van der Waals surface area contributed by atoms with E-state index in [1.165, 1.54) is 26.4 Å². The number of aromatic nitrogens is 6. The summed E-state index contributed by atoms with van der Waals surface area (Å²) in [5.41, 5.74) is 0.589. The van der Waals surface area contributed by atoms with Gasteiger partial charge in [0, 0.05) is 31.3 Å². The molecule has 10 nitrogen and oxygen atoms in total. The van der Waals surface area contributed by atoms with E-state index in [0.29, 0.717) is 35.0 Å². The molecule has 0 bridgehead atoms. The summed E-state index contributed by atoms with van der Waals surface area (Å²) in [6, 6.07) is 10.8. The standard InChI is InChI=1S/C22H20N6O4S/c1-32-9-7-25-14-23-19-18(25)20(30)28(22(31)27(19)12-15-5-3-2-4-6-15)13-16-11-17(29)26-8-10-33-21(26)24-16/h2-6,8,10-11,14H,7,9,12-13H2,1H3. The highest BCUT2D eigenvalue weighted by atomic mass is 32.1. The third-order valence-corrected chi connectivity index (χ3v) is 6.14. The first-order valence-electron chi connectivity index (χ1n) is 10.2. The van der Waals surface area contributed by atoms with Crippen molar-refractivity contribution in [2.24, 2.45) is 0 Å². The molecule has 168 valence electrons. The summed E-state index contributed by atoms with van der Waals surface area (Å²) in [6.45, 7) is 0.919. The largest absolute Gasteiger partial charge is 0.383 e. The number of nitrogens with zero attached hydrogens (tertiary/aromatic N) is 6. The van der Waals surface area contributed by atoms with Crippen molar-refractivity contribution in [2.75, 3.05) is 13.7 Å². The van der Waals surface area contributed by atoms with Crippen LogP contribution in [0.25, 0.3) is 16.1 Å². The van der Waals surface area contributed by atoms with Gasteiger partial charge in [0.25, 0.3) is 11.1 Å². The number of imidazole rings is 1. The molecule has 4 heterocycles. The first-order chi connectivity index (χ1) is 16.1. The molecule has 0 saturated carbocycles. The number of methoxy groups -OCH3 is 1. The molecule has 0 fully saturated rings. The summed E-state index contributed by atoms with van der Waals surface area (Å²) in [7, 11) is 1.58. The van der Waals surface area contributed by atoms with E-state index in [1.54, 1.807) is 29.6 Å². The summed E-state index contributed by atoms with van der Waals surface area (Å²) in [5.74, 6) is 0. The van der Waals surface area contributed by atoms with Crippen molar-refractivity contribution < 1.29 is 4.74 Å². The first-order valence-corrected chi connectivity index (χ1v) is 11.1. The van der Waals surface area contributed by atoms with Gasteiger partial charge in [-0.05, 0) is 5.56 Å². The molecule has 0 radical (unpaired) electrons. The number of thiazole rings is 1. The van der Waals surface area contributed by atoms with E-state index in [0.717, 1.165) is 10.1 Å². The number of rotatable bonds is 7. The molecule has 0 aliphatic carbocycles. The lowest BCUT2D eigenvalue weighted by atomic mass is 10.2. The summed E-state index contributed by atoms with van der Waals surface area (Å²) in [4.78, 5) is 48.7. The van der Waals surface area contributed by atoms with E-state index in [4.69, 9.17) is 4.74 Å². The van der Waals surface area contributed by atoms with Crippen molar-refractivity contribution in [1.82, 2.24) is 28.1 Å². The Morgan fingerprint density at radius 3 is 2.67 bits per heavy atom. The Morgan fingerprint density at radius 1 is 1.06 bits per heavy atom. The first kappa shape index (κ1) is 21.0. The molecule has 0 N–H and O–H groups in total. The van der Waals surface area contributed by atoms with Gasteiger partial charge in [-0.25, -0.2) is 14.8 Å². The molecule has 0 aliphatic rings. The summed E-state index contributed by atoms with van der Waals surface area (Å²) in [5, 5.41) is 1.76. The Bertz CT molecular complexity index is 1630. The maximum atomic E-state index is 13.5. The van der Waals surface area contributed by atoms with Crippen LogP contribution in [-0.4, -0.2) is 41.8 Å². The van der Waals surface area contributed by atoms with E-state index >= 15 is 0 Å². The van der Waals surface area contributed by atoms with Crippen molar-refractivity contribution >= 4 is 27.5 Å². The second kappa shape index (κ2) is 8.60. The fourth-order valence-electron chi connectivity index (χ4n) is 3.78. The van der Waals surface area contributed by atoms with Crippen LogP contribution in [-0.2, 0) is 24.4 Å². The van der Waals surface area contributed by atoms with Crippen molar-refractivity contribution in [3.63, 3.8) is 0 Å². The zero-order valence-electron chi connectivity index (χ0n) is 17.7. The van der Waals surface area contributed by atoms with Gasteiger partial charge in [0.1, 0.15) is 0 Å². The SMILES string of the molecule is COCCn1cnc2c1c(=O)n(Cc1cc(=O)n3ccsc3n1)c(=O)n2Cc1ccccc1. The molecule has 0 aliphatic heterocycles. The zero-order valence-corrected chi connectivity index (χ0v) is 18.6. The van der Waals surface area contributed by atoms with Gasteiger partial charge < -0.3 is 9.30 Å². The van der Waals surface area contributed by atoms with Gasteiger partial charge in [0.2, 0.25) is 0 Å². The third-order valence-electron chi connectivity index (χ3n) is 5.38. The van der Waals surface area contributed by atoms with E-state index in [-0.39, 0.29) is 18.6 Å². The van der Waals surface area contributed by atoms with Crippen LogP contribution in [0, 0.1) is 0 Å². The van der Waals surface area contributed by atoms with Crippen LogP contribution in [0.3, 0.4) is 0 Å². The summed E-state index contributed by atoms with van der Waals surface area (Å²) < 4.78 is 10.9. The van der Waals surface area contributed by atoms with Gasteiger partial charge in [0.05, 0.1) is 31.7 Å². The molecule has 4 aromatic heterocycles. The molecule has 5 rings (SSSR count). The molecule has 0 atom stereocenters. The van der Waals surface area contributed by atoms with Crippen molar-refractivity contribution in [3.05, 3.63) is 96.8 Å². The maximum absolute atomic E-state index is 13.5. The zero-order chi connectivity index (χ0) is 22.9. The van der Waals surface area contributed by atoms with E-state index in [2.05, 4.69) is 9.97 Å². The lowest BCUT2D eigenvalue weighted by molar-refractivity contribution is 0.188. The fourth-order valence-corrected chi connectivity index (χ4v) is 4.52. The Kier molecular flexibility index (Phi) is 5.48. The van der Waals surface area contributed by atoms with Crippen LogP contribution in [0.15, 0.2) is 68.7 Å². The smallest absolute Gasteiger partial charge is 0.333 e. The number of hydrogen-bond donors (Lipinski definition) is 0. The quantitative estimate of drug-likeness (QED) is 0.358. The molecule has 0 unspecified atom stereocenters. The van der Waals surface area contributed by atoms with Crippen LogP contribution in [0.5, 0.6) is 0 Å². The number of benzene rings is 1. The van der Waals surface area contributed by atoms with Crippen molar-refractivity contribution in [2.45, 2.75) is 19.6 Å². The minimum absolute atomic E-state index is 0.124. The van der Waals surface area contributed by atoms with Crippen molar-refractivity contribution in [3.8, 4) is 0 Å². The predicted octanol–water partition coefficient (Wildman–Crippen LogP) is 1.17. The minimum Gasteiger partial charge on any atom is -0.383 e. The maximum Gasteiger partial charge on any atom is 0.333 e. The number of fused-ring (bicyclic) bond motifs is 2. The highest BCUT2D eigenvalue weighted by molar-refractivity contribution is 7.15. The van der Waals surface area contributed by atoms with Crippen molar-refractivity contribution in [1.29, 1.82) is 0 Å². The van der Waals surface area contributed by atoms with Crippen LogP contribution in [0.2, 0.25) is 0 Å². The number of ether oxygens (including phenoxy) is 1. The molecular formula is C22H20N6O4S. The number of hydrogen-bond acceptors (Lipinski definition) is 7. The second-order valence-electron chi connectivity index (χ2n) is 7.49. The van der Waals surface area contributed by atoms with Gasteiger partial charge >= 0.3 is 5.69 Å². The molecule has 0 amide bonds. The average Bonchev–Trinajstić information content (AvgIpc) is 3.46. The molecule has 5 aromatic rings. The Balaban J connectivity index is 1.70. The third kappa shape index (κ3) is 3.81. The van der Waals surface area contributed by atoms with Gasteiger partial charge in [-0.1, -0.05) is 30.3 Å². The van der Waals surface area contributed by atoms with Gasteiger partial charge in [-0.3, -0.25) is 23.1 Å². The van der Waals surface area contributed by atoms with Crippen LogP contribution in [0.4, 0.5) is 0 Å². The van der Waals surface area contributed by atoms with Crippen LogP contribution < -0.4 is 16.8 Å². The summed E-state index contributed by atoms with van der Waals surface area (Å²) in [6.07, 6.45) is 3.18. The second-order valence-corrected chi connectivity index (χ2v) is 8.36. The van der Waals surface area contributed by atoms with Gasteiger partial charge in [-0.15, -0.1) is 11.3 Å². The predicted molar refractivity (Wildman–Crippen MR) is 124 cm³/mol. The Labute approximate surface area is 190 Å². The summed E-state index contributed by atoms with van der Waals surface area (Å²) >= 11 is 1.31. The lowest BCUT2D eigenvalue weighted by Gasteiger charge is -2.13. The van der Waals surface area contributed by atoms with E-state index in [9.17, 15) is 14.4 Å². The topological polar surface area (TPSA) is 105 Å². The van der Waals surface area contributed by atoms with E-state index in [1.807, 2.05) is 30.3 Å². The fraction of sp³-hybridized carbons (Fsp3) is 0.227. The molecular weight excluding hydrogens is 444 g/mol. The monoisotopic (exact) mass is 464 g/mol. The normalized spacial score (nSPS) is 11.5. The minimum atomic E-state index is -0.512. The molecule has 11 heteroatoms. The molecule has 33 heavy (non-hydrogen) atoms. The van der Waals surface area contributed by atoms with Gasteiger partial charge in [-0.2, -0.15) is 0 Å². The molecule has 0 saturated heterocycles. The lowest BCUT2D eigenvalue weighted by Crippen LogP contribution is -2.41. The molecule has 0 spiro atoms. The van der Waals surface area contributed by atoms with Crippen LogP contribution >= 0.6 is 11.3 Å². The molecule has 1 aromatic carbocycles. The van der Waals surface area contributed by atoms with E-state index < -0.39 is 11.2 Å².